The van der Waals surface area contributed by atoms with Crippen LogP contribution in [0.15, 0.2) is 59.8 Å². The van der Waals surface area contributed by atoms with Gasteiger partial charge in [0, 0.05) is 11.4 Å². The normalized spacial score (nSPS) is 15.7. The number of alkyl halides is 3. The second kappa shape index (κ2) is 7.91. The number of nitrogens with zero attached hydrogens (tertiary/aromatic N) is 3. The van der Waals surface area contributed by atoms with Gasteiger partial charge in [0.1, 0.15) is 6.04 Å². The summed E-state index contributed by atoms with van der Waals surface area (Å²) in [5, 5.41) is 19.3. The van der Waals surface area contributed by atoms with E-state index in [1.807, 2.05) is 0 Å². The van der Waals surface area contributed by atoms with Crippen LogP contribution in [0.2, 0.25) is 0 Å². The van der Waals surface area contributed by atoms with Crippen molar-refractivity contribution in [1.82, 2.24) is 14.8 Å². The molecule has 11 heteroatoms. The molecule has 1 aliphatic heterocycles. The van der Waals surface area contributed by atoms with Crippen LogP contribution < -0.4 is 15.4 Å². The molecule has 0 fully saturated rings. The number of rotatable bonds is 4. The summed E-state index contributed by atoms with van der Waals surface area (Å²) < 4.78 is 45.9. The van der Waals surface area contributed by atoms with Gasteiger partial charge in [-0.15, -0.1) is 5.10 Å². The van der Waals surface area contributed by atoms with Gasteiger partial charge in [0.2, 0.25) is 5.95 Å². The molecule has 0 bridgehead atoms. The Morgan fingerprint density at radius 3 is 2.56 bits per heavy atom. The Hall–Kier alpha value is -4.02. The number of carbonyl (C=O) groups excluding carboxylic acids is 1. The Kier molecular flexibility index (Phi) is 5.25. The van der Waals surface area contributed by atoms with Crippen LogP contribution in [-0.4, -0.2) is 32.9 Å². The molecular formula is C21H18F3N5O3. The maximum absolute atomic E-state index is 13.3. The number of amides is 1. The maximum atomic E-state index is 13.3. The molecule has 8 nitrogen and oxygen atoms in total. The van der Waals surface area contributed by atoms with Crippen molar-refractivity contribution in [2.24, 2.45) is 0 Å². The molecule has 1 unspecified atom stereocenters. The van der Waals surface area contributed by atoms with Crippen LogP contribution in [0.25, 0.3) is 0 Å². The van der Waals surface area contributed by atoms with Gasteiger partial charge in [-0.3, -0.25) is 4.79 Å². The highest BCUT2D eigenvalue weighted by atomic mass is 19.4. The molecule has 0 saturated carbocycles. The van der Waals surface area contributed by atoms with E-state index in [-0.39, 0.29) is 23.0 Å². The lowest BCUT2D eigenvalue weighted by Gasteiger charge is -2.29. The largest absolute Gasteiger partial charge is 0.504 e. The number of anilines is 2. The number of nitrogens with one attached hydrogen (secondary N) is 2. The number of benzene rings is 2. The summed E-state index contributed by atoms with van der Waals surface area (Å²) in [6.07, 6.45) is -4.78. The molecule has 3 aromatic rings. The van der Waals surface area contributed by atoms with Crippen molar-refractivity contribution in [3.05, 3.63) is 71.2 Å². The third-order valence-corrected chi connectivity index (χ3v) is 4.90. The van der Waals surface area contributed by atoms with Crippen molar-refractivity contribution < 1.29 is 27.8 Å². The van der Waals surface area contributed by atoms with Crippen LogP contribution in [0.4, 0.5) is 24.8 Å². The molecule has 0 aliphatic carbocycles. The minimum atomic E-state index is -4.78. The fourth-order valence-electron chi connectivity index (χ4n) is 3.47. The highest BCUT2D eigenvalue weighted by Gasteiger charge is 2.41. The van der Waals surface area contributed by atoms with Gasteiger partial charge in [0.05, 0.1) is 12.7 Å². The zero-order chi connectivity index (χ0) is 23.0. The van der Waals surface area contributed by atoms with Crippen LogP contribution in [0, 0.1) is 0 Å². The monoisotopic (exact) mass is 445 g/mol. The van der Waals surface area contributed by atoms with Gasteiger partial charge in [-0.25, -0.2) is 4.68 Å². The summed E-state index contributed by atoms with van der Waals surface area (Å²) in [6.45, 7) is 1.56. The van der Waals surface area contributed by atoms with Crippen LogP contribution in [0.3, 0.4) is 0 Å². The molecule has 1 atom stereocenters. The van der Waals surface area contributed by atoms with Gasteiger partial charge < -0.3 is 20.5 Å². The van der Waals surface area contributed by atoms with Crippen LogP contribution in [0.5, 0.6) is 11.5 Å². The third kappa shape index (κ3) is 3.84. The second-order valence-electron chi connectivity index (χ2n) is 7.02. The first kappa shape index (κ1) is 21.2. The standard InChI is InChI=1S/C21H18F3N5O3/c1-11-16(18(31)26-13-6-4-3-5-7-13)17(12-8-9-15(32-2)14(30)10-12)29-20(25-11)27-19(28-29)21(22,23)24/h3-10,17,30H,1-2H3,(H,26,31)(H,25,27,28). The number of fused-ring (bicyclic) bond motifs is 1. The summed E-state index contributed by atoms with van der Waals surface area (Å²) in [5.74, 6) is -2.13. The lowest BCUT2D eigenvalue weighted by atomic mass is 9.94. The summed E-state index contributed by atoms with van der Waals surface area (Å²) in [4.78, 5) is 16.7. The van der Waals surface area contributed by atoms with Crippen LogP contribution in [0.1, 0.15) is 24.4 Å². The molecule has 1 aliphatic rings. The Morgan fingerprint density at radius 2 is 1.94 bits per heavy atom. The molecule has 32 heavy (non-hydrogen) atoms. The van der Waals surface area contributed by atoms with E-state index in [0.717, 1.165) is 4.68 Å². The summed E-state index contributed by atoms with van der Waals surface area (Å²) in [5.41, 5.74) is 1.24. The quantitative estimate of drug-likeness (QED) is 0.563. The van der Waals surface area contributed by atoms with E-state index in [0.29, 0.717) is 16.9 Å². The molecule has 166 valence electrons. The van der Waals surface area contributed by atoms with Gasteiger partial charge in [-0.1, -0.05) is 24.3 Å². The molecule has 3 N–H and O–H groups in total. The van der Waals surface area contributed by atoms with Gasteiger partial charge in [-0.05, 0) is 36.8 Å². The number of aromatic nitrogens is 3. The van der Waals surface area contributed by atoms with Crippen molar-refractivity contribution in [1.29, 1.82) is 0 Å². The smallest absolute Gasteiger partial charge is 0.453 e. The number of methoxy groups -OCH3 is 1. The molecular weight excluding hydrogens is 427 g/mol. The summed E-state index contributed by atoms with van der Waals surface area (Å²) in [7, 11) is 1.37. The Bertz CT molecular complexity index is 1210. The fraction of sp³-hybridized carbons (Fsp3) is 0.190. The van der Waals surface area contributed by atoms with Crippen molar-refractivity contribution in [2.45, 2.75) is 19.1 Å². The molecule has 0 radical (unpaired) electrons. The lowest BCUT2D eigenvalue weighted by molar-refractivity contribution is -0.145. The highest BCUT2D eigenvalue weighted by Crippen LogP contribution is 2.40. The minimum Gasteiger partial charge on any atom is -0.504 e. The minimum absolute atomic E-state index is 0.115. The van der Waals surface area contributed by atoms with E-state index in [4.69, 9.17) is 4.74 Å². The van der Waals surface area contributed by atoms with Gasteiger partial charge in [0.15, 0.2) is 11.5 Å². The van der Waals surface area contributed by atoms with E-state index in [9.17, 15) is 23.1 Å². The average Bonchev–Trinajstić information content (AvgIpc) is 3.17. The lowest BCUT2D eigenvalue weighted by Crippen LogP contribution is -2.31. The number of ether oxygens (including phenoxy) is 1. The summed E-state index contributed by atoms with van der Waals surface area (Å²) in [6, 6.07) is 11.8. The fourth-order valence-corrected chi connectivity index (χ4v) is 3.47. The number of para-hydroxylation sites is 1. The number of aromatic hydroxyl groups is 1. The predicted molar refractivity (Wildman–Crippen MR) is 109 cm³/mol. The maximum Gasteiger partial charge on any atom is 0.453 e. The van der Waals surface area contributed by atoms with E-state index < -0.39 is 23.9 Å². The molecule has 1 amide bonds. The molecule has 1 aromatic heterocycles. The number of halogens is 3. The first-order chi connectivity index (χ1) is 15.2. The number of phenolic OH excluding ortho intramolecular Hbond substituents is 1. The molecule has 2 heterocycles. The Morgan fingerprint density at radius 1 is 1.22 bits per heavy atom. The summed E-state index contributed by atoms with van der Waals surface area (Å²) >= 11 is 0. The van der Waals surface area contributed by atoms with E-state index in [1.54, 1.807) is 37.3 Å². The first-order valence-corrected chi connectivity index (χ1v) is 9.44. The topological polar surface area (TPSA) is 101 Å². The number of allylic oxidation sites excluding steroid dienone is 1. The zero-order valence-electron chi connectivity index (χ0n) is 16.9. The van der Waals surface area contributed by atoms with E-state index in [1.165, 1.54) is 25.3 Å². The van der Waals surface area contributed by atoms with Crippen LogP contribution >= 0.6 is 0 Å². The van der Waals surface area contributed by atoms with Crippen molar-refractivity contribution in [3.8, 4) is 11.5 Å². The third-order valence-electron chi connectivity index (χ3n) is 4.90. The highest BCUT2D eigenvalue weighted by molar-refractivity contribution is 6.06. The molecule has 4 rings (SSSR count). The van der Waals surface area contributed by atoms with Gasteiger partial charge in [0.25, 0.3) is 11.7 Å². The number of hydrogen-bond donors (Lipinski definition) is 3. The van der Waals surface area contributed by atoms with Gasteiger partial charge in [-0.2, -0.15) is 18.2 Å². The zero-order valence-corrected chi connectivity index (χ0v) is 16.9. The van der Waals surface area contributed by atoms with Crippen molar-refractivity contribution in [2.75, 3.05) is 17.7 Å². The number of carbonyl (C=O) groups is 1. The van der Waals surface area contributed by atoms with E-state index in [2.05, 4.69) is 20.7 Å². The first-order valence-electron chi connectivity index (χ1n) is 9.44. The Labute approximate surface area is 180 Å². The van der Waals surface area contributed by atoms with E-state index >= 15 is 0 Å². The van der Waals surface area contributed by atoms with Gasteiger partial charge >= 0.3 is 6.18 Å². The Balaban J connectivity index is 1.84. The number of phenols is 1. The molecule has 2 aromatic carbocycles. The van der Waals surface area contributed by atoms with Crippen molar-refractivity contribution in [3.63, 3.8) is 0 Å². The second-order valence-corrected chi connectivity index (χ2v) is 7.02. The number of hydrogen-bond acceptors (Lipinski definition) is 6. The average molecular weight is 445 g/mol. The molecule has 0 spiro atoms. The SMILES string of the molecule is COc1ccc(C2C(C(=O)Nc3ccccc3)=C(C)Nc3nc(C(F)(F)F)nn32)cc1O. The predicted octanol–water partition coefficient (Wildman–Crippen LogP) is 3.94. The van der Waals surface area contributed by atoms with Crippen molar-refractivity contribution >= 4 is 17.5 Å². The molecule has 0 saturated heterocycles. The van der Waals surface area contributed by atoms with Crippen LogP contribution in [-0.2, 0) is 11.0 Å².